The summed E-state index contributed by atoms with van der Waals surface area (Å²) < 4.78 is 5.53. The van der Waals surface area contributed by atoms with Gasteiger partial charge in [-0.3, -0.25) is 9.80 Å². The minimum atomic E-state index is 0.566. The third kappa shape index (κ3) is 3.55. The summed E-state index contributed by atoms with van der Waals surface area (Å²) in [5.74, 6) is 1.38. The number of hydrogen-bond donors (Lipinski definition) is 0. The monoisotopic (exact) mass is 282 g/mol. The molecule has 3 heteroatoms. The lowest BCUT2D eigenvalue weighted by molar-refractivity contribution is -0.0569. The molecule has 0 bridgehead atoms. The van der Waals surface area contributed by atoms with Crippen LogP contribution in [0.5, 0.6) is 0 Å². The lowest BCUT2D eigenvalue weighted by Gasteiger charge is -2.53. The molecule has 0 saturated carbocycles. The first-order valence-electron chi connectivity index (χ1n) is 8.53. The fourth-order valence-corrected chi connectivity index (χ4v) is 4.05. The minimum absolute atomic E-state index is 0.566. The molecule has 3 nitrogen and oxygen atoms in total. The zero-order valence-corrected chi connectivity index (χ0v) is 14.1. The quantitative estimate of drug-likeness (QED) is 0.771. The van der Waals surface area contributed by atoms with Gasteiger partial charge in [0.25, 0.3) is 0 Å². The van der Waals surface area contributed by atoms with Crippen LogP contribution in [0.25, 0.3) is 0 Å². The molecule has 2 fully saturated rings. The Balaban J connectivity index is 2.13. The SMILES string of the molecule is COCC(C(C)C)N1CC2CCCCN2CC1C(C)C. The first kappa shape index (κ1) is 16.3. The average molecular weight is 282 g/mol. The van der Waals surface area contributed by atoms with Crippen molar-refractivity contribution in [3.05, 3.63) is 0 Å². The van der Waals surface area contributed by atoms with Gasteiger partial charge in [0.1, 0.15) is 0 Å². The van der Waals surface area contributed by atoms with Crippen molar-refractivity contribution in [2.45, 2.75) is 65.1 Å². The maximum absolute atomic E-state index is 5.53. The Labute approximate surface area is 125 Å². The first-order chi connectivity index (χ1) is 9.54. The summed E-state index contributed by atoms with van der Waals surface area (Å²) in [5, 5.41) is 0. The zero-order chi connectivity index (χ0) is 14.7. The van der Waals surface area contributed by atoms with E-state index in [0.717, 1.165) is 18.6 Å². The van der Waals surface area contributed by atoms with Crippen LogP contribution < -0.4 is 0 Å². The van der Waals surface area contributed by atoms with Crippen molar-refractivity contribution in [1.29, 1.82) is 0 Å². The average Bonchev–Trinajstić information content (AvgIpc) is 2.43. The van der Waals surface area contributed by atoms with Crippen molar-refractivity contribution in [3.63, 3.8) is 0 Å². The molecule has 2 aliphatic rings. The predicted octanol–water partition coefficient (Wildman–Crippen LogP) is 2.85. The highest BCUT2D eigenvalue weighted by Crippen LogP contribution is 2.30. The number of piperidine rings is 1. The van der Waals surface area contributed by atoms with Crippen LogP contribution in [0.2, 0.25) is 0 Å². The topological polar surface area (TPSA) is 15.7 Å². The lowest BCUT2D eigenvalue weighted by Crippen LogP contribution is -2.64. The Morgan fingerprint density at radius 1 is 1.10 bits per heavy atom. The van der Waals surface area contributed by atoms with Crippen LogP contribution in [-0.4, -0.2) is 61.3 Å². The number of piperazine rings is 1. The molecule has 0 aromatic heterocycles. The molecule has 2 aliphatic heterocycles. The Kier molecular flexibility index (Phi) is 5.88. The van der Waals surface area contributed by atoms with E-state index in [-0.39, 0.29) is 0 Å². The third-order valence-electron chi connectivity index (χ3n) is 5.32. The second kappa shape index (κ2) is 7.24. The number of hydrogen-bond acceptors (Lipinski definition) is 3. The van der Waals surface area contributed by atoms with Crippen molar-refractivity contribution < 1.29 is 4.74 Å². The van der Waals surface area contributed by atoms with Gasteiger partial charge >= 0.3 is 0 Å². The molecule has 2 heterocycles. The summed E-state index contributed by atoms with van der Waals surface area (Å²) in [6.07, 6.45) is 4.20. The molecule has 3 unspecified atom stereocenters. The Bertz CT molecular complexity index is 293. The summed E-state index contributed by atoms with van der Waals surface area (Å²) in [6, 6.07) is 2.04. The van der Waals surface area contributed by atoms with E-state index in [2.05, 4.69) is 37.5 Å². The van der Waals surface area contributed by atoms with Crippen LogP contribution >= 0.6 is 0 Å². The molecule has 0 aliphatic carbocycles. The maximum Gasteiger partial charge on any atom is 0.0620 e. The second-order valence-electron chi connectivity index (χ2n) is 7.42. The Morgan fingerprint density at radius 2 is 1.85 bits per heavy atom. The number of nitrogens with zero attached hydrogens (tertiary/aromatic N) is 2. The summed E-state index contributed by atoms with van der Waals surface area (Å²) in [4.78, 5) is 5.54. The van der Waals surface area contributed by atoms with Gasteiger partial charge in [-0.05, 0) is 31.2 Å². The predicted molar refractivity (Wildman–Crippen MR) is 85.0 cm³/mol. The van der Waals surface area contributed by atoms with Crippen molar-refractivity contribution >= 4 is 0 Å². The van der Waals surface area contributed by atoms with E-state index in [1.807, 2.05) is 7.11 Å². The van der Waals surface area contributed by atoms with Gasteiger partial charge in [0, 0.05) is 38.3 Å². The molecule has 0 aromatic rings. The summed E-state index contributed by atoms with van der Waals surface area (Å²) in [7, 11) is 1.84. The first-order valence-corrected chi connectivity index (χ1v) is 8.53. The highest BCUT2D eigenvalue weighted by atomic mass is 16.5. The van der Waals surface area contributed by atoms with Gasteiger partial charge in [-0.15, -0.1) is 0 Å². The van der Waals surface area contributed by atoms with Gasteiger partial charge in [0.15, 0.2) is 0 Å². The smallest absolute Gasteiger partial charge is 0.0620 e. The lowest BCUT2D eigenvalue weighted by atomic mass is 9.89. The van der Waals surface area contributed by atoms with Gasteiger partial charge in [0.2, 0.25) is 0 Å². The molecule has 0 aromatic carbocycles. The number of ether oxygens (including phenoxy) is 1. The highest BCUT2D eigenvalue weighted by Gasteiger charge is 2.39. The van der Waals surface area contributed by atoms with Crippen LogP contribution in [0, 0.1) is 11.8 Å². The van der Waals surface area contributed by atoms with Crippen molar-refractivity contribution in [2.24, 2.45) is 11.8 Å². The van der Waals surface area contributed by atoms with Crippen molar-refractivity contribution in [3.8, 4) is 0 Å². The number of methoxy groups -OCH3 is 1. The zero-order valence-electron chi connectivity index (χ0n) is 14.1. The summed E-state index contributed by atoms with van der Waals surface area (Å²) >= 11 is 0. The van der Waals surface area contributed by atoms with Crippen LogP contribution in [0.15, 0.2) is 0 Å². The van der Waals surface area contributed by atoms with Gasteiger partial charge in [-0.1, -0.05) is 34.1 Å². The molecular weight excluding hydrogens is 248 g/mol. The normalized spacial score (nSPS) is 30.8. The highest BCUT2D eigenvalue weighted by molar-refractivity contribution is 4.95. The third-order valence-corrected chi connectivity index (χ3v) is 5.32. The molecule has 3 atom stereocenters. The van der Waals surface area contributed by atoms with Crippen LogP contribution in [0.1, 0.15) is 47.0 Å². The minimum Gasteiger partial charge on any atom is -0.383 e. The number of rotatable bonds is 5. The van der Waals surface area contributed by atoms with E-state index in [1.165, 1.54) is 38.9 Å². The molecular formula is C17H34N2O. The maximum atomic E-state index is 5.53. The van der Waals surface area contributed by atoms with Crippen molar-refractivity contribution in [2.75, 3.05) is 33.4 Å². The number of fused-ring (bicyclic) bond motifs is 1. The molecule has 2 rings (SSSR count). The molecule has 2 saturated heterocycles. The molecule has 0 spiro atoms. The Morgan fingerprint density at radius 3 is 2.45 bits per heavy atom. The van der Waals surface area contributed by atoms with E-state index < -0.39 is 0 Å². The van der Waals surface area contributed by atoms with Crippen LogP contribution in [0.4, 0.5) is 0 Å². The van der Waals surface area contributed by atoms with E-state index in [1.54, 1.807) is 0 Å². The standard InChI is InChI=1S/C17H34N2O/c1-13(2)16-11-18-9-7-6-8-15(18)10-19(16)17(12-20-5)14(3)4/h13-17H,6-12H2,1-5H3. The van der Waals surface area contributed by atoms with Crippen molar-refractivity contribution in [1.82, 2.24) is 9.80 Å². The van der Waals surface area contributed by atoms with Crippen LogP contribution in [-0.2, 0) is 4.74 Å². The fraction of sp³-hybridized carbons (Fsp3) is 1.00. The summed E-state index contributed by atoms with van der Waals surface area (Å²) in [6.45, 7) is 14.1. The summed E-state index contributed by atoms with van der Waals surface area (Å²) in [5.41, 5.74) is 0. The molecule has 118 valence electrons. The van der Waals surface area contributed by atoms with E-state index in [0.29, 0.717) is 18.0 Å². The molecule has 0 N–H and O–H groups in total. The van der Waals surface area contributed by atoms with Gasteiger partial charge in [0.05, 0.1) is 6.61 Å². The van der Waals surface area contributed by atoms with Gasteiger partial charge in [-0.2, -0.15) is 0 Å². The molecule has 20 heavy (non-hydrogen) atoms. The van der Waals surface area contributed by atoms with Crippen LogP contribution in [0.3, 0.4) is 0 Å². The van der Waals surface area contributed by atoms with E-state index in [4.69, 9.17) is 4.74 Å². The Hall–Kier alpha value is -0.120. The largest absolute Gasteiger partial charge is 0.383 e. The molecule has 0 radical (unpaired) electrons. The van der Waals surface area contributed by atoms with Gasteiger partial charge in [-0.25, -0.2) is 0 Å². The molecule has 0 amide bonds. The second-order valence-corrected chi connectivity index (χ2v) is 7.42. The fourth-order valence-electron chi connectivity index (χ4n) is 4.05. The van der Waals surface area contributed by atoms with Gasteiger partial charge < -0.3 is 4.74 Å². The van der Waals surface area contributed by atoms with E-state index >= 15 is 0 Å². The van der Waals surface area contributed by atoms with E-state index in [9.17, 15) is 0 Å².